The standard InChI is InChI=1S/C17H17NO6/c1-2-22-15-7-9-16(10-8-15)23-12-17(19)24-11-13-3-5-14(6-4-13)18(20)21/h3-10H,2,11-12H2,1H3. The SMILES string of the molecule is CCOc1ccc(OCC(=O)OCc2ccc([N+](=O)[O-])cc2)cc1. The maximum atomic E-state index is 11.7. The molecule has 0 amide bonds. The largest absolute Gasteiger partial charge is 0.494 e. The summed E-state index contributed by atoms with van der Waals surface area (Å²) in [5.41, 5.74) is 0.652. The van der Waals surface area contributed by atoms with Gasteiger partial charge in [-0.2, -0.15) is 0 Å². The summed E-state index contributed by atoms with van der Waals surface area (Å²) in [6.07, 6.45) is 0. The van der Waals surface area contributed by atoms with E-state index in [2.05, 4.69) is 0 Å². The first-order valence-electron chi connectivity index (χ1n) is 7.33. The Labute approximate surface area is 138 Å². The van der Waals surface area contributed by atoms with Crippen LogP contribution < -0.4 is 9.47 Å². The van der Waals surface area contributed by atoms with Gasteiger partial charge >= 0.3 is 5.97 Å². The highest BCUT2D eigenvalue weighted by Crippen LogP contribution is 2.17. The molecule has 0 N–H and O–H groups in total. The molecule has 0 radical (unpaired) electrons. The molecule has 0 aliphatic rings. The number of nitro benzene ring substituents is 1. The van der Waals surface area contributed by atoms with E-state index in [0.717, 1.165) is 5.75 Å². The zero-order valence-electron chi connectivity index (χ0n) is 13.1. The fourth-order valence-corrected chi connectivity index (χ4v) is 1.86. The summed E-state index contributed by atoms with van der Waals surface area (Å²) in [4.78, 5) is 21.7. The molecule has 7 heteroatoms. The predicted octanol–water partition coefficient (Wildman–Crippen LogP) is 3.12. The number of carbonyl (C=O) groups excluding carboxylic acids is 1. The van der Waals surface area contributed by atoms with Gasteiger partial charge in [0, 0.05) is 12.1 Å². The zero-order chi connectivity index (χ0) is 17.4. The summed E-state index contributed by atoms with van der Waals surface area (Å²) >= 11 is 0. The minimum Gasteiger partial charge on any atom is -0.494 e. The van der Waals surface area contributed by atoms with Crippen molar-refractivity contribution >= 4 is 11.7 Å². The van der Waals surface area contributed by atoms with Crippen LogP contribution in [0.4, 0.5) is 5.69 Å². The van der Waals surface area contributed by atoms with Gasteiger partial charge in [0.05, 0.1) is 11.5 Å². The molecule has 0 fully saturated rings. The third kappa shape index (κ3) is 5.28. The monoisotopic (exact) mass is 331 g/mol. The smallest absolute Gasteiger partial charge is 0.344 e. The van der Waals surface area contributed by atoms with Gasteiger partial charge in [0.25, 0.3) is 5.69 Å². The van der Waals surface area contributed by atoms with Crippen molar-refractivity contribution in [2.24, 2.45) is 0 Å². The third-order valence-electron chi connectivity index (χ3n) is 3.04. The first kappa shape index (κ1) is 17.3. The van der Waals surface area contributed by atoms with Gasteiger partial charge in [-0.15, -0.1) is 0 Å². The summed E-state index contributed by atoms with van der Waals surface area (Å²) in [7, 11) is 0. The third-order valence-corrected chi connectivity index (χ3v) is 3.04. The lowest BCUT2D eigenvalue weighted by Gasteiger charge is -2.08. The van der Waals surface area contributed by atoms with Gasteiger partial charge in [-0.3, -0.25) is 10.1 Å². The van der Waals surface area contributed by atoms with Crippen LogP contribution in [0.1, 0.15) is 12.5 Å². The van der Waals surface area contributed by atoms with Crippen LogP contribution >= 0.6 is 0 Å². The van der Waals surface area contributed by atoms with Gasteiger partial charge in [0.1, 0.15) is 18.1 Å². The van der Waals surface area contributed by atoms with Crippen LogP contribution in [0, 0.1) is 10.1 Å². The Bertz CT molecular complexity index is 681. The number of esters is 1. The fourth-order valence-electron chi connectivity index (χ4n) is 1.86. The summed E-state index contributed by atoms with van der Waals surface area (Å²) < 4.78 is 15.7. The van der Waals surface area contributed by atoms with Crippen molar-refractivity contribution in [3.8, 4) is 11.5 Å². The van der Waals surface area contributed by atoms with Crippen molar-refractivity contribution < 1.29 is 23.9 Å². The number of hydrogen-bond donors (Lipinski definition) is 0. The predicted molar refractivity (Wildman–Crippen MR) is 86.0 cm³/mol. The van der Waals surface area contributed by atoms with Crippen molar-refractivity contribution in [1.29, 1.82) is 0 Å². The molecule has 0 heterocycles. The molecule has 7 nitrogen and oxygen atoms in total. The minimum absolute atomic E-state index is 0.0103. The lowest BCUT2D eigenvalue weighted by Crippen LogP contribution is -2.14. The van der Waals surface area contributed by atoms with E-state index in [9.17, 15) is 14.9 Å². The number of rotatable bonds is 8. The Kier molecular flexibility index (Phi) is 6.13. The van der Waals surface area contributed by atoms with Gasteiger partial charge in [-0.25, -0.2) is 4.79 Å². The Morgan fingerprint density at radius 1 is 1.00 bits per heavy atom. The molecule has 0 spiro atoms. The normalized spacial score (nSPS) is 10.0. The molecule has 0 aliphatic heterocycles. The maximum absolute atomic E-state index is 11.7. The molecule has 0 bridgehead atoms. The van der Waals surface area contributed by atoms with Crippen LogP contribution in [0.2, 0.25) is 0 Å². The maximum Gasteiger partial charge on any atom is 0.344 e. The highest BCUT2D eigenvalue weighted by molar-refractivity contribution is 5.71. The Balaban J connectivity index is 1.75. The van der Waals surface area contributed by atoms with E-state index in [1.54, 1.807) is 36.4 Å². The molecule has 0 aliphatic carbocycles. The van der Waals surface area contributed by atoms with Crippen LogP contribution in [-0.2, 0) is 16.1 Å². The van der Waals surface area contributed by atoms with Gasteiger partial charge in [-0.1, -0.05) is 0 Å². The lowest BCUT2D eigenvalue weighted by molar-refractivity contribution is -0.384. The van der Waals surface area contributed by atoms with Crippen molar-refractivity contribution in [3.05, 3.63) is 64.2 Å². The van der Waals surface area contributed by atoms with Gasteiger partial charge in [0.2, 0.25) is 0 Å². The Hall–Kier alpha value is -3.09. The molecular formula is C17H17NO6. The molecule has 0 unspecified atom stereocenters. The van der Waals surface area contributed by atoms with Crippen LogP contribution in [0.3, 0.4) is 0 Å². The van der Waals surface area contributed by atoms with Gasteiger partial charge < -0.3 is 14.2 Å². The average Bonchev–Trinajstić information content (AvgIpc) is 2.60. The summed E-state index contributed by atoms with van der Waals surface area (Å²) in [5, 5.41) is 10.6. The van der Waals surface area contributed by atoms with Crippen LogP contribution in [0.25, 0.3) is 0 Å². The Morgan fingerprint density at radius 3 is 2.12 bits per heavy atom. The highest BCUT2D eigenvalue weighted by Gasteiger charge is 2.07. The van der Waals surface area contributed by atoms with E-state index in [1.807, 2.05) is 6.92 Å². The second-order valence-electron chi connectivity index (χ2n) is 4.78. The summed E-state index contributed by atoms with van der Waals surface area (Å²) in [5.74, 6) is 0.735. The molecule has 0 atom stereocenters. The van der Waals surface area contributed by atoms with Crippen molar-refractivity contribution in [1.82, 2.24) is 0 Å². The first-order valence-corrected chi connectivity index (χ1v) is 7.33. The number of benzene rings is 2. The topological polar surface area (TPSA) is 87.9 Å². The van der Waals surface area contributed by atoms with E-state index in [1.165, 1.54) is 12.1 Å². The molecule has 0 saturated heterocycles. The number of carbonyl (C=O) groups is 1. The van der Waals surface area contributed by atoms with Gasteiger partial charge in [0.15, 0.2) is 6.61 Å². The molecular weight excluding hydrogens is 314 g/mol. The second-order valence-corrected chi connectivity index (χ2v) is 4.78. The minimum atomic E-state index is -0.526. The summed E-state index contributed by atoms with van der Waals surface area (Å²) in [6.45, 7) is 2.28. The molecule has 0 aromatic heterocycles. The summed E-state index contributed by atoms with van der Waals surface area (Å²) in [6, 6.07) is 12.7. The van der Waals surface area contributed by atoms with Crippen LogP contribution in [-0.4, -0.2) is 24.1 Å². The highest BCUT2D eigenvalue weighted by atomic mass is 16.6. The van der Waals surface area contributed by atoms with Crippen LogP contribution in [0.15, 0.2) is 48.5 Å². The second kappa shape index (κ2) is 8.52. The van der Waals surface area contributed by atoms with E-state index < -0.39 is 10.9 Å². The Morgan fingerprint density at radius 2 is 1.58 bits per heavy atom. The zero-order valence-corrected chi connectivity index (χ0v) is 13.1. The first-order chi connectivity index (χ1) is 11.6. The van der Waals surface area contributed by atoms with Crippen molar-refractivity contribution in [3.63, 3.8) is 0 Å². The van der Waals surface area contributed by atoms with Crippen LogP contribution in [0.5, 0.6) is 11.5 Å². The average molecular weight is 331 g/mol. The molecule has 24 heavy (non-hydrogen) atoms. The number of non-ortho nitro benzene ring substituents is 1. The fraction of sp³-hybridized carbons (Fsp3) is 0.235. The van der Waals surface area contributed by atoms with E-state index in [0.29, 0.717) is 17.9 Å². The van der Waals surface area contributed by atoms with Gasteiger partial charge in [-0.05, 0) is 48.9 Å². The molecule has 2 aromatic rings. The van der Waals surface area contributed by atoms with Crippen molar-refractivity contribution in [2.45, 2.75) is 13.5 Å². The lowest BCUT2D eigenvalue weighted by atomic mass is 10.2. The van der Waals surface area contributed by atoms with E-state index >= 15 is 0 Å². The quantitative estimate of drug-likeness (QED) is 0.419. The number of hydrogen-bond acceptors (Lipinski definition) is 6. The molecule has 126 valence electrons. The molecule has 2 rings (SSSR count). The molecule has 0 saturated carbocycles. The number of ether oxygens (including phenoxy) is 3. The van der Waals surface area contributed by atoms with Crippen molar-refractivity contribution in [2.75, 3.05) is 13.2 Å². The number of nitrogens with zero attached hydrogens (tertiary/aromatic N) is 1. The van der Waals surface area contributed by atoms with E-state index in [-0.39, 0.29) is 18.9 Å². The number of nitro groups is 1. The molecule has 2 aromatic carbocycles. The van der Waals surface area contributed by atoms with E-state index in [4.69, 9.17) is 14.2 Å².